The predicted molar refractivity (Wildman–Crippen MR) is 123 cm³/mol. The summed E-state index contributed by atoms with van der Waals surface area (Å²) in [5.41, 5.74) is 0.753. The number of aliphatic hydroxyl groups is 1. The lowest BCUT2D eigenvalue weighted by atomic mass is 10.1. The van der Waals surface area contributed by atoms with Crippen molar-refractivity contribution in [2.75, 3.05) is 18.5 Å². The van der Waals surface area contributed by atoms with Crippen molar-refractivity contribution in [3.8, 4) is 5.75 Å². The zero-order valence-corrected chi connectivity index (χ0v) is 18.3. The molecule has 7 heteroatoms. The molecule has 0 aliphatic rings. The van der Waals surface area contributed by atoms with Crippen LogP contribution in [0.5, 0.6) is 5.75 Å². The zero-order valence-electron chi connectivity index (χ0n) is 16.8. The van der Waals surface area contributed by atoms with Crippen LogP contribution < -0.4 is 15.4 Å². The molecule has 1 atom stereocenters. The Balaban J connectivity index is 1.86. The van der Waals surface area contributed by atoms with Crippen molar-refractivity contribution in [2.24, 2.45) is 0 Å². The quantitative estimate of drug-likeness (QED) is 0.448. The molecule has 3 rings (SSSR count). The van der Waals surface area contributed by atoms with Crippen LogP contribution in [0.25, 0.3) is 10.8 Å². The lowest BCUT2D eigenvalue weighted by Gasteiger charge is -2.17. The summed E-state index contributed by atoms with van der Waals surface area (Å²) in [6.07, 6.45) is -0.711. The molecule has 1 amide bonds. The predicted octanol–water partition coefficient (Wildman–Crippen LogP) is 5.14. The molecule has 3 aromatic rings. The summed E-state index contributed by atoms with van der Waals surface area (Å²) < 4.78 is 5.84. The Bertz CT molecular complexity index is 1040. The molecule has 1 unspecified atom stereocenters. The number of anilines is 1. The van der Waals surface area contributed by atoms with Gasteiger partial charge in [0.25, 0.3) is 5.91 Å². The maximum absolute atomic E-state index is 13.0. The molecule has 0 aromatic heterocycles. The molecule has 0 spiro atoms. The third kappa shape index (κ3) is 5.64. The summed E-state index contributed by atoms with van der Waals surface area (Å²) in [5, 5.41) is 18.6. The molecule has 0 saturated carbocycles. The SMILES string of the molecule is CC(C)NCC(O)COc1cc2ccccc2cc1C(=O)Nc1cccc(Cl)c1Cl. The molecule has 0 aliphatic heterocycles. The van der Waals surface area contributed by atoms with Gasteiger partial charge < -0.3 is 20.5 Å². The van der Waals surface area contributed by atoms with Gasteiger partial charge in [0, 0.05) is 12.6 Å². The molecule has 0 radical (unpaired) electrons. The van der Waals surface area contributed by atoms with E-state index in [1.165, 1.54) is 0 Å². The van der Waals surface area contributed by atoms with Crippen molar-refractivity contribution < 1.29 is 14.6 Å². The van der Waals surface area contributed by atoms with Crippen LogP contribution in [0, 0.1) is 0 Å². The van der Waals surface area contributed by atoms with E-state index in [1.54, 1.807) is 30.3 Å². The number of nitrogens with one attached hydrogen (secondary N) is 2. The number of fused-ring (bicyclic) bond motifs is 1. The van der Waals surface area contributed by atoms with E-state index in [0.29, 0.717) is 28.6 Å². The molecule has 0 aliphatic carbocycles. The number of amides is 1. The van der Waals surface area contributed by atoms with Crippen LogP contribution in [-0.2, 0) is 0 Å². The van der Waals surface area contributed by atoms with E-state index < -0.39 is 6.10 Å². The second-order valence-electron chi connectivity index (χ2n) is 7.28. The van der Waals surface area contributed by atoms with Crippen molar-refractivity contribution >= 4 is 45.6 Å². The van der Waals surface area contributed by atoms with Gasteiger partial charge in [0.1, 0.15) is 18.5 Å². The Morgan fingerprint density at radius 3 is 2.47 bits per heavy atom. The number of carbonyl (C=O) groups is 1. The standard InChI is InChI=1S/C23H24Cl2N2O3/c1-14(2)26-12-17(28)13-30-21-11-16-7-4-3-6-15(16)10-18(21)23(29)27-20-9-5-8-19(24)22(20)25/h3-11,14,17,26,28H,12-13H2,1-2H3,(H,27,29). The van der Waals surface area contributed by atoms with E-state index in [-0.39, 0.29) is 23.6 Å². The van der Waals surface area contributed by atoms with Crippen molar-refractivity contribution in [2.45, 2.75) is 26.0 Å². The number of rotatable bonds is 8. The van der Waals surface area contributed by atoms with E-state index in [1.807, 2.05) is 38.1 Å². The van der Waals surface area contributed by atoms with Crippen molar-refractivity contribution in [1.82, 2.24) is 5.32 Å². The van der Waals surface area contributed by atoms with Gasteiger partial charge in [-0.2, -0.15) is 0 Å². The third-order valence-corrected chi connectivity index (χ3v) is 5.30. The summed E-state index contributed by atoms with van der Waals surface area (Å²) in [6.45, 7) is 4.45. The fourth-order valence-corrected chi connectivity index (χ4v) is 3.27. The average Bonchev–Trinajstić information content (AvgIpc) is 2.73. The molecule has 0 saturated heterocycles. The molecular weight excluding hydrogens is 423 g/mol. The van der Waals surface area contributed by atoms with Gasteiger partial charge in [0.2, 0.25) is 0 Å². The van der Waals surface area contributed by atoms with Crippen LogP contribution in [0.1, 0.15) is 24.2 Å². The summed E-state index contributed by atoms with van der Waals surface area (Å²) in [5.74, 6) is 0.00247. The molecule has 30 heavy (non-hydrogen) atoms. The number of aliphatic hydroxyl groups excluding tert-OH is 1. The maximum Gasteiger partial charge on any atom is 0.259 e. The van der Waals surface area contributed by atoms with Crippen LogP contribution in [0.2, 0.25) is 10.0 Å². The van der Waals surface area contributed by atoms with Gasteiger partial charge in [-0.3, -0.25) is 4.79 Å². The third-order valence-electron chi connectivity index (χ3n) is 4.49. The minimum Gasteiger partial charge on any atom is -0.490 e. The first-order valence-corrected chi connectivity index (χ1v) is 10.4. The minimum absolute atomic E-state index is 0.0518. The van der Waals surface area contributed by atoms with Crippen molar-refractivity contribution in [3.63, 3.8) is 0 Å². The van der Waals surface area contributed by atoms with Gasteiger partial charge in [-0.05, 0) is 35.0 Å². The van der Waals surface area contributed by atoms with Crippen LogP contribution >= 0.6 is 23.2 Å². The fraction of sp³-hybridized carbons (Fsp3) is 0.261. The first-order valence-electron chi connectivity index (χ1n) is 9.67. The Kier molecular flexibility index (Phi) is 7.56. The zero-order chi connectivity index (χ0) is 21.7. The smallest absolute Gasteiger partial charge is 0.259 e. The Hall–Kier alpha value is -2.31. The lowest BCUT2D eigenvalue weighted by molar-refractivity contribution is 0.0975. The number of carbonyl (C=O) groups excluding carboxylic acids is 1. The maximum atomic E-state index is 13.0. The van der Waals surface area contributed by atoms with E-state index in [2.05, 4.69) is 10.6 Å². The summed E-state index contributed by atoms with van der Waals surface area (Å²) >= 11 is 12.3. The topological polar surface area (TPSA) is 70.6 Å². The normalized spacial score (nSPS) is 12.2. The minimum atomic E-state index is -0.711. The highest BCUT2D eigenvalue weighted by Crippen LogP contribution is 2.32. The Morgan fingerprint density at radius 1 is 1.07 bits per heavy atom. The Morgan fingerprint density at radius 2 is 1.77 bits per heavy atom. The van der Waals surface area contributed by atoms with Crippen LogP contribution in [0.4, 0.5) is 5.69 Å². The molecule has 0 fully saturated rings. The van der Waals surface area contributed by atoms with Gasteiger partial charge in [0.05, 0.1) is 21.3 Å². The highest BCUT2D eigenvalue weighted by molar-refractivity contribution is 6.44. The molecule has 0 heterocycles. The Labute approximate surface area is 186 Å². The van der Waals surface area contributed by atoms with Crippen LogP contribution in [0.3, 0.4) is 0 Å². The van der Waals surface area contributed by atoms with Crippen LogP contribution in [0.15, 0.2) is 54.6 Å². The van der Waals surface area contributed by atoms with E-state index in [4.69, 9.17) is 27.9 Å². The molecule has 5 nitrogen and oxygen atoms in total. The number of benzene rings is 3. The number of halogens is 2. The highest BCUT2D eigenvalue weighted by Gasteiger charge is 2.17. The number of hydrogen-bond acceptors (Lipinski definition) is 4. The van der Waals surface area contributed by atoms with Crippen molar-refractivity contribution in [3.05, 3.63) is 70.2 Å². The molecule has 158 valence electrons. The second kappa shape index (κ2) is 10.1. The van der Waals surface area contributed by atoms with E-state index in [9.17, 15) is 9.90 Å². The second-order valence-corrected chi connectivity index (χ2v) is 8.06. The fourth-order valence-electron chi connectivity index (χ4n) is 2.92. The van der Waals surface area contributed by atoms with Crippen molar-refractivity contribution in [1.29, 1.82) is 0 Å². The number of hydrogen-bond donors (Lipinski definition) is 3. The molecule has 3 N–H and O–H groups in total. The van der Waals surface area contributed by atoms with Gasteiger partial charge in [-0.1, -0.05) is 67.4 Å². The van der Waals surface area contributed by atoms with Gasteiger partial charge in [-0.15, -0.1) is 0 Å². The van der Waals surface area contributed by atoms with Gasteiger partial charge in [0.15, 0.2) is 0 Å². The summed E-state index contributed by atoms with van der Waals surface area (Å²) in [7, 11) is 0. The van der Waals surface area contributed by atoms with Gasteiger partial charge >= 0.3 is 0 Å². The van der Waals surface area contributed by atoms with E-state index in [0.717, 1.165) is 10.8 Å². The van der Waals surface area contributed by atoms with Crippen LogP contribution in [-0.4, -0.2) is 36.3 Å². The number of ether oxygens (including phenoxy) is 1. The average molecular weight is 447 g/mol. The molecule has 0 bridgehead atoms. The lowest BCUT2D eigenvalue weighted by Crippen LogP contribution is -2.35. The largest absolute Gasteiger partial charge is 0.490 e. The first kappa shape index (κ1) is 22.4. The molecular formula is C23H24Cl2N2O3. The summed E-state index contributed by atoms with van der Waals surface area (Å²) in [6, 6.07) is 16.5. The van der Waals surface area contributed by atoms with E-state index >= 15 is 0 Å². The monoisotopic (exact) mass is 446 g/mol. The molecule has 3 aromatic carbocycles. The van der Waals surface area contributed by atoms with Gasteiger partial charge in [-0.25, -0.2) is 0 Å². The summed E-state index contributed by atoms with van der Waals surface area (Å²) in [4.78, 5) is 13.0. The first-order chi connectivity index (χ1) is 14.3. The highest BCUT2D eigenvalue weighted by atomic mass is 35.5.